The number of nitrogens with zero attached hydrogens (tertiary/aromatic N) is 5. The second kappa shape index (κ2) is 10.8. The van der Waals surface area contributed by atoms with Crippen molar-refractivity contribution < 1.29 is 9.72 Å². The fourth-order valence-electron chi connectivity index (χ4n) is 4.62. The number of non-ortho nitro benzene ring substituents is 1. The minimum atomic E-state index is -0.499. The standard InChI is InChI=1S/C27H30N8O3/c1-17(2)34-16-28-23-24(32-27(33-25(23)34)31-19-7-4-3-5-8-19)29-20-9-6-10-21(15-20)30-26(36)18-11-13-22(14-12-18)35(37)38/h6,9-17,19H,3-5,7-8H2,1-2H3,(H,30,36)(H2,29,31,32,33). The lowest BCUT2D eigenvalue weighted by atomic mass is 9.96. The maximum atomic E-state index is 12.7. The van der Waals surface area contributed by atoms with Gasteiger partial charge < -0.3 is 20.5 Å². The van der Waals surface area contributed by atoms with Crippen LogP contribution in [-0.4, -0.2) is 36.4 Å². The first-order chi connectivity index (χ1) is 18.4. The predicted octanol–water partition coefficient (Wildman–Crippen LogP) is 6.06. The Bertz CT molecular complexity index is 1460. The highest BCUT2D eigenvalue weighted by Crippen LogP contribution is 2.28. The second-order valence-electron chi connectivity index (χ2n) is 9.76. The van der Waals surface area contributed by atoms with E-state index < -0.39 is 4.92 Å². The molecule has 0 radical (unpaired) electrons. The fraction of sp³-hybridized carbons (Fsp3) is 0.333. The zero-order chi connectivity index (χ0) is 26.6. The number of benzene rings is 2. The largest absolute Gasteiger partial charge is 0.351 e. The summed E-state index contributed by atoms with van der Waals surface area (Å²) in [6.07, 6.45) is 7.65. The lowest BCUT2D eigenvalue weighted by Crippen LogP contribution is -2.23. The molecule has 3 N–H and O–H groups in total. The molecule has 5 rings (SSSR count). The van der Waals surface area contributed by atoms with Crippen LogP contribution in [-0.2, 0) is 0 Å². The zero-order valence-corrected chi connectivity index (χ0v) is 21.3. The third-order valence-corrected chi connectivity index (χ3v) is 6.64. The van der Waals surface area contributed by atoms with Crippen molar-refractivity contribution in [1.82, 2.24) is 19.5 Å². The second-order valence-corrected chi connectivity index (χ2v) is 9.76. The summed E-state index contributed by atoms with van der Waals surface area (Å²) < 4.78 is 2.02. The van der Waals surface area contributed by atoms with Crippen molar-refractivity contribution in [2.75, 3.05) is 16.0 Å². The van der Waals surface area contributed by atoms with Crippen LogP contribution < -0.4 is 16.0 Å². The van der Waals surface area contributed by atoms with Crippen LogP contribution in [0.1, 0.15) is 62.4 Å². The number of fused-ring (bicyclic) bond motifs is 1. The number of carbonyl (C=O) groups excluding carboxylic acids is 1. The van der Waals surface area contributed by atoms with E-state index in [1.165, 1.54) is 43.5 Å². The average molecular weight is 515 g/mol. The van der Waals surface area contributed by atoms with Crippen LogP contribution >= 0.6 is 0 Å². The molecule has 1 saturated carbocycles. The SMILES string of the molecule is CC(C)n1cnc2c(Nc3cccc(NC(=O)c4ccc([N+](=O)[O-])cc4)c3)nc(NC3CCCCC3)nc21. The summed E-state index contributed by atoms with van der Waals surface area (Å²) in [6.45, 7) is 4.17. The van der Waals surface area contributed by atoms with E-state index >= 15 is 0 Å². The van der Waals surface area contributed by atoms with Gasteiger partial charge in [0.25, 0.3) is 11.6 Å². The number of amides is 1. The van der Waals surface area contributed by atoms with Gasteiger partial charge in [-0.25, -0.2) is 4.98 Å². The first kappa shape index (κ1) is 25.1. The van der Waals surface area contributed by atoms with E-state index in [-0.39, 0.29) is 17.6 Å². The molecule has 1 aliphatic carbocycles. The highest BCUT2D eigenvalue weighted by Gasteiger charge is 2.19. The van der Waals surface area contributed by atoms with E-state index in [2.05, 4.69) is 34.8 Å². The molecular formula is C27H30N8O3. The van der Waals surface area contributed by atoms with Crippen molar-refractivity contribution in [2.24, 2.45) is 0 Å². The quantitative estimate of drug-likeness (QED) is 0.190. The van der Waals surface area contributed by atoms with E-state index in [1.807, 2.05) is 16.7 Å². The van der Waals surface area contributed by atoms with E-state index in [0.717, 1.165) is 18.5 Å². The van der Waals surface area contributed by atoms with Gasteiger partial charge in [-0.15, -0.1) is 0 Å². The molecule has 38 heavy (non-hydrogen) atoms. The fourth-order valence-corrected chi connectivity index (χ4v) is 4.62. The van der Waals surface area contributed by atoms with E-state index in [0.29, 0.717) is 40.3 Å². The Hall–Kier alpha value is -4.54. The van der Waals surface area contributed by atoms with Crippen LogP contribution in [0.5, 0.6) is 0 Å². The highest BCUT2D eigenvalue weighted by molar-refractivity contribution is 6.04. The number of nitro groups is 1. The Labute approximate surface area is 219 Å². The Balaban J connectivity index is 1.39. The van der Waals surface area contributed by atoms with Crippen molar-refractivity contribution in [2.45, 2.75) is 58.0 Å². The summed E-state index contributed by atoms with van der Waals surface area (Å²) in [6, 6.07) is 13.3. The number of aromatic nitrogens is 4. The summed E-state index contributed by atoms with van der Waals surface area (Å²) >= 11 is 0. The first-order valence-electron chi connectivity index (χ1n) is 12.8. The lowest BCUT2D eigenvalue weighted by molar-refractivity contribution is -0.384. The maximum Gasteiger partial charge on any atom is 0.269 e. The van der Waals surface area contributed by atoms with Crippen LogP contribution in [0.3, 0.4) is 0 Å². The molecule has 0 saturated heterocycles. The minimum absolute atomic E-state index is 0.0684. The number of carbonyl (C=O) groups is 1. The molecule has 2 heterocycles. The highest BCUT2D eigenvalue weighted by atomic mass is 16.6. The molecule has 2 aromatic carbocycles. The Kier molecular flexibility index (Phi) is 7.16. The van der Waals surface area contributed by atoms with Crippen molar-refractivity contribution in [1.29, 1.82) is 0 Å². The monoisotopic (exact) mass is 514 g/mol. The summed E-state index contributed by atoms with van der Waals surface area (Å²) in [5.74, 6) is 0.777. The minimum Gasteiger partial charge on any atom is -0.351 e. The number of rotatable bonds is 8. The van der Waals surface area contributed by atoms with Crippen LogP contribution in [0.25, 0.3) is 11.2 Å². The maximum absolute atomic E-state index is 12.7. The van der Waals surface area contributed by atoms with Crippen LogP contribution in [0.4, 0.5) is 28.8 Å². The van der Waals surface area contributed by atoms with Crippen LogP contribution in [0.2, 0.25) is 0 Å². The van der Waals surface area contributed by atoms with Gasteiger partial charge in [0.05, 0.1) is 11.3 Å². The third kappa shape index (κ3) is 5.56. The molecule has 0 unspecified atom stereocenters. The molecule has 11 heteroatoms. The Morgan fingerprint density at radius 1 is 1.05 bits per heavy atom. The van der Waals surface area contributed by atoms with Crippen molar-refractivity contribution in [3.63, 3.8) is 0 Å². The van der Waals surface area contributed by atoms with Crippen molar-refractivity contribution in [3.05, 3.63) is 70.5 Å². The molecule has 0 bridgehead atoms. The predicted molar refractivity (Wildman–Crippen MR) is 147 cm³/mol. The molecule has 1 fully saturated rings. The van der Waals surface area contributed by atoms with Gasteiger partial charge in [0.2, 0.25) is 5.95 Å². The summed E-state index contributed by atoms with van der Waals surface area (Å²) in [5.41, 5.74) is 2.95. The molecule has 1 amide bonds. The lowest BCUT2D eigenvalue weighted by Gasteiger charge is -2.23. The molecule has 11 nitrogen and oxygen atoms in total. The van der Waals surface area contributed by atoms with Gasteiger partial charge in [0.1, 0.15) is 0 Å². The normalized spacial score (nSPS) is 14.0. The molecule has 1 aliphatic rings. The number of nitro benzene ring substituents is 1. The van der Waals surface area contributed by atoms with Gasteiger partial charge in [-0.05, 0) is 57.0 Å². The molecule has 4 aromatic rings. The van der Waals surface area contributed by atoms with Crippen LogP contribution in [0.15, 0.2) is 54.9 Å². The van der Waals surface area contributed by atoms with Gasteiger partial charge in [0, 0.05) is 41.2 Å². The van der Waals surface area contributed by atoms with Gasteiger partial charge in [-0.3, -0.25) is 14.9 Å². The first-order valence-corrected chi connectivity index (χ1v) is 12.8. The molecule has 0 aliphatic heterocycles. The smallest absolute Gasteiger partial charge is 0.269 e. The molecular weight excluding hydrogens is 484 g/mol. The zero-order valence-electron chi connectivity index (χ0n) is 21.3. The van der Waals surface area contributed by atoms with Crippen LogP contribution in [0, 0.1) is 10.1 Å². The summed E-state index contributed by atoms with van der Waals surface area (Å²) in [7, 11) is 0. The van der Waals surface area contributed by atoms with Gasteiger partial charge >= 0.3 is 0 Å². The summed E-state index contributed by atoms with van der Waals surface area (Å²) in [4.78, 5) is 37.2. The van der Waals surface area contributed by atoms with Gasteiger partial charge in [-0.2, -0.15) is 9.97 Å². The number of imidazole rings is 1. The number of hydrogen-bond acceptors (Lipinski definition) is 8. The van der Waals surface area contributed by atoms with Gasteiger partial charge in [0.15, 0.2) is 17.0 Å². The van der Waals surface area contributed by atoms with Crippen molar-refractivity contribution >= 4 is 45.9 Å². The molecule has 0 atom stereocenters. The molecule has 0 spiro atoms. The number of nitrogens with one attached hydrogen (secondary N) is 3. The topological polar surface area (TPSA) is 140 Å². The van der Waals surface area contributed by atoms with Gasteiger partial charge in [-0.1, -0.05) is 25.3 Å². The van der Waals surface area contributed by atoms with E-state index in [4.69, 9.17) is 9.97 Å². The van der Waals surface area contributed by atoms with Crippen molar-refractivity contribution in [3.8, 4) is 0 Å². The summed E-state index contributed by atoms with van der Waals surface area (Å²) in [5, 5.41) is 20.6. The van der Waals surface area contributed by atoms with E-state index in [9.17, 15) is 14.9 Å². The number of hydrogen-bond donors (Lipinski definition) is 3. The third-order valence-electron chi connectivity index (χ3n) is 6.64. The molecule has 196 valence electrons. The van der Waals surface area contributed by atoms with E-state index in [1.54, 1.807) is 18.5 Å². The Morgan fingerprint density at radius 3 is 2.50 bits per heavy atom. The number of anilines is 4. The Morgan fingerprint density at radius 2 is 1.79 bits per heavy atom. The average Bonchev–Trinajstić information content (AvgIpc) is 3.34. The molecule has 2 aromatic heterocycles.